The third kappa shape index (κ3) is 4.87. The first-order valence-electron chi connectivity index (χ1n) is 7.02. The van der Waals surface area contributed by atoms with E-state index in [1.165, 1.54) is 18.2 Å². The van der Waals surface area contributed by atoms with E-state index in [1.807, 2.05) is 5.48 Å². The second-order valence-electron chi connectivity index (χ2n) is 4.84. The second-order valence-corrected chi connectivity index (χ2v) is 6.27. The molecule has 128 valence electrons. The highest BCUT2D eigenvalue weighted by molar-refractivity contribution is 9.10. The third-order valence-electron chi connectivity index (χ3n) is 3.06. The number of aromatic nitrogens is 2. The summed E-state index contributed by atoms with van der Waals surface area (Å²) in [5, 5.41) is 16.9. The van der Waals surface area contributed by atoms with Crippen molar-refractivity contribution in [2.24, 2.45) is 10.7 Å². The number of aliphatic imine (C=N–C) groups is 1. The van der Waals surface area contributed by atoms with Crippen molar-refractivity contribution >= 4 is 44.5 Å². The van der Waals surface area contributed by atoms with Crippen LogP contribution in [0.4, 0.5) is 10.1 Å². The molecule has 0 aliphatic heterocycles. The summed E-state index contributed by atoms with van der Waals surface area (Å²) < 4.78 is 18.3. The monoisotopic (exact) mass is 415 g/mol. The first-order valence-corrected chi connectivity index (χ1v) is 8.22. The van der Waals surface area contributed by atoms with Crippen molar-refractivity contribution in [3.63, 3.8) is 0 Å². The zero-order valence-electron chi connectivity index (χ0n) is 12.5. The lowest BCUT2D eigenvalue weighted by Crippen LogP contribution is -2.22. The molecule has 0 spiro atoms. The van der Waals surface area contributed by atoms with Crippen molar-refractivity contribution in [1.82, 2.24) is 15.8 Å². The molecule has 24 heavy (non-hydrogen) atoms. The maximum atomic E-state index is 13.3. The molecular formula is C14H15BrFN5O2S. The highest BCUT2D eigenvalue weighted by Crippen LogP contribution is 2.23. The number of amidine groups is 1. The molecule has 0 atom stereocenters. The fraction of sp³-hybridized carbons (Fsp3) is 0.286. The first-order chi connectivity index (χ1) is 11.5. The van der Waals surface area contributed by atoms with Crippen LogP contribution in [0.25, 0.3) is 0 Å². The van der Waals surface area contributed by atoms with Gasteiger partial charge in [-0.15, -0.1) is 0 Å². The van der Waals surface area contributed by atoms with E-state index in [1.54, 1.807) is 0 Å². The summed E-state index contributed by atoms with van der Waals surface area (Å²) in [5.74, 6) is -0.395. The Labute approximate surface area is 151 Å². The van der Waals surface area contributed by atoms with Crippen LogP contribution < -0.4 is 11.2 Å². The Morgan fingerprint density at radius 2 is 2.25 bits per heavy atom. The molecule has 0 amide bonds. The fourth-order valence-corrected chi connectivity index (χ4v) is 2.54. The minimum atomic E-state index is -0.415. The number of nitrogens with one attached hydrogen (secondary N) is 1. The molecule has 1 heterocycles. The average Bonchev–Trinajstić information content (AvgIpc) is 3.01. The van der Waals surface area contributed by atoms with Crippen LogP contribution in [0.3, 0.4) is 0 Å². The molecule has 0 radical (unpaired) electrons. The van der Waals surface area contributed by atoms with Crippen LogP contribution in [0.1, 0.15) is 24.2 Å². The largest absolute Gasteiger partial charge is 0.330 e. The Balaban J connectivity index is 2.24. The molecule has 0 saturated heterocycles. The Morgan fingerprint density at radius 3 is 2.92 bits per heavy atom. The van der Waals surface area contributed by atoms with Gasteiger partial charge in [-0.05, 0) is 63.5 Å². The maximum Gasteiger partial charge on any atom is 0.182 e. The molecule has 1 aromatic heterocycles. The quantitative estimate of drug-likeness (QED) is 0.276. The molecule has 1 aromatic carbocycles. The van der Waals surface area contributed by atoms with Crippen LogP contribution in [0, 0.1) is 5.82 Å². The number of hydrogen-bond donors (Lipinski definition) is 3. The number of benzene rings is 1. The summed E-state index contributed by atoms with van der Waals surface area (Å²) in [7, 11) is 0. The van der Waals surface area contributed by atoms with E-state index < -0.39 is 5.82 Å². The molecule has 7 nitrogen and oxygen atoms in total. The van der Waals surface area contributed by atoms with E-state index in [0.717, 1.165) is 11.3 Å². The van der Waals surface area contributed by atoms with Gasteiger partial charge in [-0.25, -0.2) is 14.0 Å². The summed E-state index contributed by atoms with van der Waals surface area (Å²) in [6.07, 6.45) is 1.81. The Hall–Kier alpha value is -1.75. The minimum Gasteiger partial charge on any atom is -0.330 e. The Bertz CT molecular complexity index is 753. The van der Waals surface area contributed by atoms with Gasteiger partial charge < -0.3 is 5.73 Å². The number of halogens is 2. The van der Waals surface area contributed by atoms with Gasteiger partial charge in [-0.1, -0.05) is 17.4 Å². The zero-order valence-corrected chi connectivity index (χ0v) is 14.9. The Morgan fingerprint density at radius 1 is 1.46 bits per heavy atom. The van der Waals surface area contributed by atoms with Gasteiger partial charge >= 0.3 is 0 Å². The van der Waals surface area contributed by atoms with Crippen molar-refractivity contribution in [2.45, 2.75) is 19.3 Å². The zero-order chi connectivity index (χ0) is 17.5. The van der Waals surface area contributed by atoms with Gasteiger partial charge in [0.2, 0.25) is 0 Å². The molecular weight excluding hydrogens is 401 g/mol. The standard InChI is InChI=1S/C14H15BrFN5O2S/c15-10-6-8(3-4-11(10)16)18-14(19-22)13-12(20-23-21-13)7-9(24)2-1-5-17/h3-4,6,22H,1-2,5,7,17H2,(H,18,19). The molecule has 0 aliphatic rings. The predicted octanol–water partition coefficient (Wildman–Crippen LogP) is 2.68. The van der Waals surface area contributed by atoms with Gasteiger partial charge in [0, 0.05) is 6.42 Å². The first kappa shape index (κ1) is 18.6. The number of nitrogens with zero attached hydrogens (tertiary/aromatic N) is 3. The van der Waals surface area contributed by atoms with Crippen LogP contribution >= 0.6 is 28.1 Å². The average molecular weight is 416 g/mol. The van der Waals surface area contributed by atoms with Gasteiger partial charge in [0.25, 0.3) is 0 Å². The van der Waals surface area contributed by atoms with Crippen molar-refractivity contribution in [3.05, 3.63) is 39.9 Å². The second kappa shape index (κ2) is 8.92. The van der Waals surface area contributed by atoms with Gasteiger partial charge in [-0.3, -0.25) is 10.7 Å². The molecule has 2 aromatic rings. The van der Waals surface area contributed by atoms with E-state index >= 15 is 0 Å². The molecule has 0 fully saturated rings. The summed E-state index contributed by atoms with van der Waals surface area (Å²) in [4.78, 5) is 4.93. The van der Waals surface area contributed by atoms with Crippen molar-refractivity contribution in [2.75, 3.05) is 6.54 Å². The maximum absolute atomic E-state index is 13.3. The van der Waals surface area contributed by atoms with E-state index in [4.69, 9.17) is 22.6 Å². The molecule has 10 heteroatoms. The van der Waals surface area contributed by atoms with E-state index in [-0.39, 0.29) is 16.0 Å². The van der Waals surface area contributed by atoms with Crippen LogP contribution in [0.2, 0.25) is 0 Å². The molecule has 0 aliphatic carbocycles. The van der Waals surface area contributed by atoms with E-state index in [9.17, 15) is 9.60 Å². The normalized spacial score (nSPS) is 11.6. The van der Waals surface area contributed by atoms with Crippen LogP contribution in [0.15, 0.2) is 32.3 Å². The summed E-state index contributed by atoms with van der Waals surface area (Å²) >= 11 is 8.35. The van der Waals surface area contributed by atoms with Crippen molar-refractivity contribution in [3.8, 4) is 0 Å². The van der Waals surface area contributed by atoms with Crippen molar-refractivity contribution in [1.29, 1.82) is 0 Å². The SMILES string of the molecule is NCCCC(=S)Cc1nonc1C(=Nc1ccc(F)c(Br)c1)NO. The Kier molecular flexibility index (Phi) is 6.91. The van der Waals surface area contributed by atoms with E-state index in [2.05, 4.69) is 31.2 Å². The third-order valence-corrected chi connectivity index (χ3v) is 4.01. The van der Waals surface area contributed by atoms with Gasteiger partial charge in [-0.2, -0.15) is 0 Å². The highest BCUT2D eigenvalue weighted by Gasteiger charge is 2.18. The molecule has 0 saturated carbocycles. The fourth-order valence-electron chi connectivity index (χ4n) is 1.89. The van der Waals surface area contributed by atoms with Crippen LogP contribution in [-0.2, 0) is 6.42 Å². The summed E-state index contributed by atoms with van der Waals surface area (Å²) in [6, 6.07) is 4.17. The molecule has 4 N–H and O–H groups in total. The van der Waals surface area contributed by atoms with Crippen LogP contribution in [0.5, 0.6) is 0 Å². The molecule has 0 unspecified atom stereocenters. The topological polar surface area (TPSA) is 110 Å². The molecule has 2 rings (SSSR count). The van der Waals surface area contributed by atoms with Crippen molar-refractivity contribution < 1.29 is 14.2 Å². The highest BCUT2D eigenvalue weighted by atomic mass is 79.9. The van der Waals surface area contributed by atoms with Gasteiger partial charge in [0.1, 0.15) is 11.5 Å². The smallest absolute Gasteiger partial charge is 0.182 e. The lowest BCUT2D eigenvalue weighted by atomic mass is 10.1. The number of hydrogen-bond acceptors (Lipinski definition) is 7. The lowest BCUT2D eigenvalue weighted by Gasteiger charge is -2.05. The van der Waals surface area contributed by atoms with Crippen LogP contribution in [-0.4, -0.2) is 32.8 Å². The number of thiocarbonyl (C=S) groups is 1. The lowest BCUT2D eigenvalue weighted by molar-refractivity contribution is 0.234. The van der Waals surface area contributed by atoms with E-state index in [0.29, 0.717) is 30.8 Å². The summed E-state index contributed by atoms with van der Waals surface area (Å²) in [5.41, 5.74) is 8.49. The molecule has 0 bridgehead atoms. The number of nitrogens with two attached hydrogens (primary N) is 1. The predicted molar refractivity (Wildman–Crippen MR) is 94.1 cm³/mol. The van der Waals surface area contributed by atoms with Gasteiger partial charge in [0.05, 0.1) is 10.2 Å². The summed E-state index contributed by atoms with van der Waals surface area (Å²) in [6.45, 7) is 0.550. The number of hydroxylamine groups is 1. The number of rotatable bonds is 7. The minimum absolute atomic E-state index is 0.0198. The van der Waals surface area contributed by atoms with Gasteiger partial charge in [0.15, 0.2) is 11.5 Å².